The van der Waals surface area contributed by atoms with Crippen molar-refractivity contribution in [2.24, 2.45) is 0 Å². The molecule has 0 bridgehead atoms. The molecular weight excluding hydrogens is 252 g/mol. The van der Waals surface area contributed by atoms with Gasteiger partial charge in [0.15, 0.2) is 5.89 Å². The molecule has 0 aliphatic heterocycles. The summed E-state index contributed by atoms with van der Waals surface area (Å²) in [6, 6.07) is 7.56. The Hall–Kier alpha value is -1.81. The molecule has 0 saturated heterocycles. The van der Waals surface area contributed by atoms with E-state index >= 15 is 0 Å². The molecule has 0 spiro atoms. The van der Waals surface area contributed by atoms with Gasteiger partial charge >= 0.3 is 0 Å². The average Bonchev–Trinajstić information content (AvgIpc) is 2.76. The molecule has 1 N–H and O–H groups in total. The van der Waals surface area contributed by atoms with E-state index in [2.05, 4.69) is 10.3 Å². The highest BCUT2D eigenvalue weighted by Crippen LogP contribution is 2.10. The standard InChI is InChI=1S/C13H13ClN2O2/c1-9-16-8-12(18-9)13(17)15-6-5-10-3-2-4-11(14)7-10/h2-4,7-8H,5-6H2,1H3,(H,15,17). The Morgan fingerprint density at radius 2 is 2.33 bits per heavy atom. The summed E-state index contributed by atoms with van der Waals surface area (Å²) in [4.78, 5) is 15.5. The van der Waals surface area contributed by atoms with Gasteiger partial charge in [0.05, 0.1) is 6.20 Å². The smallest absolute Gasteiger partial charge is 0.288 e. The molecule has 1 aromatic carbocycles. The van der Waals surface area contributed by atoms with Gasteiger partial charge in [-0.2, -0.15) is 0 Å². The largest absolute Gasteiger partial charge is 0.436 e. The Labute approximate surface area is 110 Å². The van der Waals surface area contributed by atoms with Gasteiger partial charge in [-0.25, -0.2) is 4.98 Å². The molecule has 2 aromatic rings. The van der Waals surface area contributed by atoms with Crippen LogP contribution in [0.3, 0.4) is 0 Å². The lowest BCUT2D eigenvalue weighted by Crippen LogP contribution is -2.25. The molecule has 0 aliphatic carbocycles. The van der Waals surface area contributed by atoms with Crippen molar-refractivity contribution < 1.29 is 9.21 Å². The number of nitrogens with one attached hydrogen (secondary N) is 1. The number of halogens is 1. The number of carbonyl (C=O) groups excluding carboxylic acids is 1. The Kier molecular flexibility index (Phi) is 3.99. The van der Waals surface area contributed by atoms with Crippen molar-refractivity contribution in [3.05, 3.63) is 52.7 Å². The lowest BCUT2D eigenvalue weighted by Gasteiger charge is -2.03. The normalized spacial score (nSPS) is 10.3. The van der Waals surface area contributed by atoms with Crippen molar-refractivity contribution in [1.29, 1.82) is 0 Å². The van der Waals surface area contributed by atoms with E-state index in [0.29, 0.717) is 17.5 Å². The van der Waals surface area contributed by atoms with Gasteiger partial charge in [-0.15, -0.1) is 0 Å². The minimum absolute atomic E-state index is 0.235. The number of hydrogen-bond acceptors (Lipinski definition) is 3. The maximum absolute atomic E-state index is 11.6. The summed E-state index contributed by atoms with van der Waals surface area (Å²) in [5.74, 6) is 0.464. The second-order valence-electron chi connectivity index (χ2n) is 3.88. The van der Waals surface area contributed by atoms with Gasteiger partial charge in [0.1, 0.15) is 0 Å². The fourth-order valence-electron chi connectivity index (χ4n) is 1.57. The highest BCUT2D eigenvalue weighted by Gasteiger charge is 2.09. The third kappa shape index (κ3) is 3.34. The molecule has 94 valence electrons. The van der Waals surface area contributed by atoms with E-state index in [1.54, 1.807) is 6.92 Å². The summed E-state index contributed by atoms with van der Waals surface area (Å²) in [7, 11) is 0. The third-order valence-electron chi connectivity index (χ3n) is 2.43. The Bertz CT molecular complexity index is 551. The van der Waals surface area contributed by atoms with Crippen LogP contribution in [0.4, 0.5) is 0 Å². The van der Waals surface area contributed by atoms with E-state index in [4.69, 9.17) is 16.0 Å². The van der Waals surface area contributed by atoms with Crippen molar-refractivity contribution in [2.45, 2.75) is 13.3 Å². The maximum atomic E-state index is 11.6. The molecule has 0 fully saturated rings. The molecular formula is C13H13ClN2O2. The first-order valence-corrected chi connectivity index (χ1v) is 5.98. The van der Waals surface area contributed by atoms with Gasteiger partial charge in [0, 0.05) is 18.5 Å². The number of nitrogens with zero attached hydrogens (tertiary/aromatic N) is 1. The third-order valence-corrected chi connectivity index (χ3v) is 2.67. The van der Waals surface area contributed by atoms with Crippen LogP contribution >= 0.6 is 11.6 Å². The lowest BCUT2D eigenvalue weighted by molar-refractivity contribution is 0.0925. The van der Waals surface area contributed by atoms with E-state index < -0.39 is 0 Å². The molecule has 2 rings (SSSR count). The summed E-state index contributed by atoms with van der Waals surface area (Å²) in [5.41, 5.74) is 1.08. The number of amides is 1. The second kappa shape index (κ2) is 5.69. The molecule has 0 unspecified atom stereocenters. The Morgan fingerprint density at radius 3 is 3.00 bits per heavy atom. The zero-order valence-electron chi connectivity index (χ0n) is 9.94. The number of oxazole rings is 1. The fourth-order valence-corrected chi connectivity index (χ4v) is 1.78. The molecule has 4 nitrogen and oxygen atoms in total. The highest BCUT2D eigenvalue weighted by molar-refractivity contribution is 6.30. The zero-order valence-corrected chi connectivity index (χ0v) is 10.7. The van der Waals surface area contributed by atoms with Gasteiger partial charge in [-0.1, -0.05) is 23.7 Å². The van der Waals surface area contributed by atoms with Crippen LogP contribution in [0.15, 0.2) is 34.9 Å². The van der Waals surface area contributed by atoms with Crippen LogP contribution in [0.25, 0.3) is 0 Å². The van der Waals surface area contributed by atoms with Crippen molar-refractivity contribution in [1.82, 2.24) is 10.3 Å². The Morgan fingerprint density at radius 1 is 1.50 bits per heavy atom. The highest BCUT2D eigenvalue weighted by atomic mass is 35.5. The van der Waals surface area contributed by atoms with Crippen molar-refractivity contribution in [2.75, 3.05) is 6.54 Å². The predicted molar refractivity (Wildman–Crippen MR) is 68.7 cm³/mol. The number of aryl methyl sites for hydroxylation is 1. The van der Waals surface area contributed by atoms with Crippen molar-refractivity contribution >= 4 is 17.5 Å². The number of hydrogen-bond donors (Lipinski definition) is 1. The molecule has 18 heavy (non-hydrogen) atoms. The molecule has 0 atom stereocenters. The topological polar surface area (TPSA) is 55.1 Å². The lowest BCUT2D eigenvalue weighted by atomic mass is 10.1. The number of rotatable bonds is 4. The van der Waals surface area contributed by atoms with Gasteiger partial charge in [-0.3, -0.25) is 4.79 Å². The van der Waals surface area contributed by atoms with E-state index in [1.165, 1.54) is 6.20 Å². The van der Waals surface area contributed by atoms with Crippen LogP contribution in [0.2, 0.25) is 5.02 Å². The second-order valence-corrected chi connectivity index (χ2v) is 4.32. The number of carbonyl (C=O) groups is 1. The predicted octanol–water partition coefficient (Wildman–Crippen LogP) is 2.61. The van der Waals surface area contributed by atoms with Gasteiger partial charge in [0.25, 0.3) is 5.91 Å². The van der Waals surface area contributed by atoms with Gasteiger partial charge in [-0.05, 0) is 24.1 Å². The fraction of sp³-hybridized carbons (Fsp3) is 0.231. The maximum Gasteiger partial charge on any atom is 0.288 e. The number of aromatic nitrogens is 1. The summed E-state index contributed by atoms with van der Waals surface area (Å²) < 4.78 is 5.12. The first kappa shape index (κ1) is 12.6. The van der Waals surface area contributed by atoms with Crippen molar-refractivity contribution in [3.63, 3.8) is 0 Å². The van der Waals surface area contributed by atoms with Crippen LogP contribution in [0.5, 0.6) is 0 Å². The quantitative estimate of drug-likeness (QED) is 0.924. The molecule has 5 heteroatoms. The SMILES string of the molecule is Cc1ncc(C(=O)NCCc2cccc(Cl)c2)o1. The summed E-state index contributed by atoms with van der Waals surface area (Å²) in [6.07, 6.45) is 2.14. The van der Waals surface area contributed by atoms with E-state index in [9.17, 15) is 4.79 Å². The summed E-state index contributed by atoms with van der Waals surface area (Å²) in [5, 5.41) is 3.46. The minimum Gasteiger partial charge on any atom is -0.436 e. The van der Waals surface area contributed by atoms with E-state index in [0.717, 1.165) is 12.0 Å². The minimum atomic E-state index is -0.252. The molecule has 1 heterocycles. The Balaban J connectivity index is 1.84. The molecule has 0 radical (unpaired) electrons. The molecule has 1 amide bonds. The van der Waals surface area contributed by atoms with Crippen LogP contribution in [0, 0.1) is 6.92 Å². The van der Waals surface area contributed by atoms with Gasteiger partial charge < -0.3 is 9.73 Å². The summed E-state index contributed by atoms with van der Waals surface area (Å²) in [6.45, 7) is 2.22. The van der Waals surface area contributed by atoms with Crippen LogP contribution in [-0.2, 0) is 6.42 Å². The van der Waals surface area contributed by atoms with Gasteiger partial charge in [0.2, 0.25) is 5.76 Å². The van der Waals surface area contributed by atoms with Crippen molar-refractivity contribution in [3.8, 4) is 0 Å². The van der Waals surface area contributed by atoms with E-state index in [-0.39, 0.29) is 11.7 Å². The average molecular weight is 265 g/mol. The molecule has 0 aliphatic rings. The molecule has 0 saturated carbocycles. The first-order valence-electron chi connectivity index (χ1n) is 5.60. The zero-order chi connectivity index (χ0) is 13.0. The van der Waals surface area contributed by atoms with Crippen LogP contribution in [0.1, 0.15) is 22.0 Å². The number of benzene rings is 1. The van der Waals surface area contributed by atoms with Crippen LogP contribution < -0.4 is 5.32 Å². The monoisotopic (exact) mass is 264 g/mol. The molecule has 1 aromatic heterocycles. The van der Waals surface area contributed by atoms with Crippen LogP contribution in [-0.4, -0.2) is 17.4 Å². The summed E-state index contributed by atoms with van der Waals surface area (Å²) >= 11 is 5.87. The first-order chi connectivity index (χ1) is 8.65. The van der Waals surface area contributed by atoms with E-state index in [1.807, 2.05) is 24.3 Å².